The Morgan fingerprint density at radius 2 is 1.87 bits per heavy atom. The zero-order chi connectivity index (χ0) is 20.8. The third-order valence-corrected chi connectivity index (χ3v) is 6.59. The maximum absolute atomic E-state index is 13.0. The fourth-order valence-corrected chi connectivity index (χ4v) is 4.80. The third-order valence-electron chi connectivity index (χ3n) is 4.45. The smallest absolute Gasteiger partial charge is 0.228 e. The number of aromatic nitrogens is 1. The second-order valence-electron chi connectivity index (χ2n) is 7.22. The Morgan fingerprint density at radius 3 is 2.57 bits per heavy atom. The fourth-order valence-electron chi connectivity index (χ4n) is 2.84. The van der Waals surface area contributed by atoms with Crippen molar-refractivity contribution < 1.29 is 9.18 Å². The summed E-state index contributed by atoms with van der Waals surface area (Å²) in [6.45, 7) is 3.47. The number of rotatable bonds is 9. The first-order valence-electron chi connectivity index (χ1n) is 9.63. The molecule has 0 atom stereocenters. The molecule has 0 unspecified atom stereocenters. The molecule has 1 amide bonds. The molecule has 3 rings (SSSR count). The lowest BCUT2D eigenvalue weighted by atomic mass is 10.2. The summed E-state index contributed by atoms with van der Waals surface area (Å²) in [6.07, 6.45) is 1.24. The van der Waals surface area contributed by atoms with E-state index < -0.39 is 0 Å². The first-order chi connectivity index (χ1) is 13.9. The van der Waals surface area contributed by atoms with Crippen LogP contribution >= 0.6 is 35.5 Å². The van der Waals surface area contributed by atoms with Crippen molar-refractivity contribution in [3.05, 3.63) is 53.8 Å². The molecule has 0 fully saturated rings. The van der Waals surface area contributed by atoms with Crippen molar-refractivity contribution in [1.82, 2.24) is 9.88 Å². The minimum Gasteiger partial charge on any atom is -0.308 e. The van der Waals surface area contributed by atoms with Crippen LogP contribution in [0.1, 0.15) is 18.4 Å². The lowest BCUT2D eigenvalue weighted by Crippen LogP contribution is -2.36. The Hall–Kier alpha value is -1.67. The summed E-state index contributed by atoms with van der Waals surface area (Å²) in [7, 11) is 4.01. The number of likely N-dealkylation sites (N-methyl/N-ethyl adjacent to an activating group) is 1. The minimum absolute atomic E-state index is 0. The van der Waals surface area contributed by atoms with Crippen molar-refractivity contribution in [2.24, 2.45) is 0 Å². The highest BCUT2D eigenvalue weighted by Crippen LogP contribution is 2.30. The average molecular weight is 468 g/mol. The number of hydrogen-bond donors (Lipinski definition) is 0. The summed E-state index contributed by atoms with van der Waals surface area (Å²) in [6, 6.07) is 12.6. The van der Waals surface area contributed by atoms with Gasteiger partial charge in [0.25, 0.3) is 0 Å². The normalized spacial score (nSPS) is 11.0. The lowest BCUT2D eigenvalue weighted by Gasteiger charge is -2.22. The van der Waals surface area contributed by atoms with Gasteiger partial charge in [-0.3, -0.25) is 9.69 Å². The Kier molecular flexibility index (Phi) is 9.55. The lowest BCUT2D eigenvalue weighted by molar-refractivity contribution is -0.118. The van der Waals surface area contributed by atoms with Crippen molar-refractivity contribution in [2.45, 2.75) is 24.7 Å². The van der Waals surface area contributed by atoms with Gasteiger partial charge in [-0.15, -0.1) is 24.2 Å². The highest BCUT2D eigenvalue weighted by atomic mass is 35.5. The zero-order valence-corrected chi connectivity index (χ0v) is 19.9. The van der Waals surface area contributed by atoms with Crippen molar-refractivity contribution in [1.29, 1.82) is 0 Å². The third kappa shape index (κ3) is 6.94. The van der Waals surface area contributed by atoms with Gasteiger partial charge in [0.1, 0.15) is 5.82 Å². The van der Waals surface area contributed by atoms with E-state index in [2.05, 4.69) is 17.9 Å². The summed E-state index contributed by atoms with van der Waals surface area (Å²) in [5.74, 6) is 0.687. The molecule has 0 saturated carbocycles. The van der Waals surface area contributed by atoms with Gasteiger partial charge < -0.3 is 4.90 Å². The van der Waals surface area contributed by atoms with E-state index in [-0.39, 0.29) is 24.1 Å². The van der Waals surface area contributed by atoms with E-state index in [4.69, 9.17) is 4.98 Å². The summed E-state index contributed by atoms with van der Waals surface area (Å²) in [5, 5.41) is 0.767. The highest BCUT2D eigenvalue weighted by Gasteiger charge is 2.19. The Labute approximate surface area is 191 Å². The standard InChI is InChI=1S/C22H26FN3OS2.ClH/c1-16-6-11-19-20(15-16)29-22(24-19)26(13-12-25(2)3)21(27)5-4-14-28-18-9-7-17(23)8-10-18;/h6-11,15H,4-5,12-14H2,1-3H3;1H. The molecule has 1 aromatic heterocycles. The Balaban J connectivity index is 0.00000320. The molecule has 3 aromatic rings. The van der Waals surface area contributed by atoms with Crippen LogP contribution in [-0.2, 0) is 4.79 Å². The van der Waals surface area contributed by atoms with Gasteiger partial charge in [-0.2, -0.15) is 0 Å². The van der Waals surface area contributed by atoms with Crippen LogP contribution in [0.25, 0.3) is 10.2 Å². The molecule has 1 heterocycles. The van der Waals surface area contributed by atoms with Gasteiger partial charge in [-0.05, 0) is 75.2 Å². The van der Waals surface area contributed by atoms with E-state index in [0.717, 1.165) is 39.0 Å². The molecule has 0 radical (unpaired) electrons. The number of halogens is 2. The van der Waals surface area contributed by atoms with E-state index in [1.807, 2.05) is 31.1 Å². The summed E-state index contributed by atoms with van der Waals surface area (Å²) < 4.78 is 14.1. The molecule has 0 bridgehead atoms. The number of fused-ring (bicyclic) bond motifs is 1. The zero-order valence-electron chi connectivity index (χ0n) is 17.4. The molecule has 0 saturated heterocycles. The molecule has 30 heavy (non-hydrogen) atoms. The molecule has 162 valence electrons. The maximum atomic E-state index is 13.0. The monoisotopic (exact) mass is 467 g/mol. The number of benzene rings is 2. The second-order valence-corrected chi connectivity index (χ2v) is 9.40. The molecule has 0 aliphatic carbocycles. The van der Waals surface area contributed by atoms with E-state index in [1.54, 1.807) is 35.2 Å². The van der Waals surface area contributed by atoms with Crippen LogP contribution in [0.3, 0.4) is 0 Å². The van der Waals surface area contributed by atoms with Gasteiger partial charge in [0.15, 0.2) is 5.13 Å². The van der Waals surface area contributed by atoms with Crippen LogP contribution < -0.4 is 4.90 Å². The number of anilines is 1. The first kappa shape index (κ1) is 24.6. The molecule has 0 spiro atoms. The van der Waals surface area contributed by atoms with Crippen LogP contribution in [-0.4, -0.2) is 48.7 Å². The number of nitrogens with zero attached hydrogens (tertiary/aromatic N) is 3. The van der Waals surface area contributed by atoms with E-state index in [0.29, 0.717) is 13.0 Å². The molecular weight excluding hydrogens is 441 g/mol. The van der Waals surface area contributed by atoms with Crippen molar-refractivity contribution >= 4 is 56.8 Å². The van der Waals surface area contributed by atoms with Gasteiger partial charge in [-0.1, -0.05) is 17.4 Å². The van der Waals surface area contributed by atoms with Gasteiger partial charge in [0.05, 0.1) is 10.2 Å². The number of carbonyl (C=O) groups is 1. The van der Waals surface area contributed by atoms with Crippen LogP contribution in [0, 0.1) is 12.7 Å². The number of thioether (sulfide) groups is 1. The number of aryl methyl sites for hydroxylation is 1. The summed E-state index contributed by atoms with van der Waals surface area (Å²) in [4.78, 5) is 22.6. The quantitative estimate of drug-likeness (QED) is 0.301. The van der Waals surface area contributed by atoms with Crippen LogP contribution in [0.4, 0.5) is 9.52 Å². The van der Waals surface area contributed by atoms with E-state index in [1.165, 1.54) is 17.7 Å². The number of hydrogen-bond acceptors (Lipinski definition) is 5. The number of carbonyl (C=O) groups excluding carboxylic acids is 1. The molecular formula is C22H27ClFN3OS2. The van der Waals surface area contributed by atoms with Crippen LogP contribution in [0.15, 0.2) is 47.4 Å². The topological polar surface area (TPSA) is 36.4 Å². The summed E-state index contributed by atoms with van der Waals surface area (Å²) >= 11 is 3.22. The Bertz CT molecular complexity index is 963. The predicted molar refractivity (Wildman–Crippen MR) is 129 cm³/mol. The van der Waals surface area contributed by atoms with Gasteiger partial charge in [0.2, 0.25) is 5.91 Å². The molecule has 4 nitrogen and oxygen atoms in total. The average Bonchev–Trinajstić information content (AvgIpc) is 3.09. The SMILES string of the molecule is Cc1ccc2nc(N(CCN(C)C)C(=O)CCCSc3ccc(F)cc3)sc2c1.Cl. The minimum atomic E-state index is -0.230. The van der Waals surface area contributed by atoms with Crippen LogP contribution in [0.5, 0.6) is 0 Å². The molecule has 8 heteroatoms. The largest absolute Gasteiger partial charge is 0.308 e. The van der Waals surface area contributed by atoms with Gasteiger partial charge >= 0.3 is 0 Å². The van der Waals surface area contributed by atoms with Crippen LogP contribution in [0.2, 0.25) is 0 Å². The van der Waals surface area contributed by atoms with Crippen molar-refractivity contribution in [3.8, 4) is 0 Å². The molecule has 2 aromatic carbocycles. The number of thiazole rings is 1. The van der Waals surface area contributed by atoms with Gasteiger partial charge in [0, 0.05) is 24.4 Å². The molecule has 0 aliphatic heterocycles. The second kappa shape index (κ2) is 11.6. The fraction of sp³-hybridized carbons (Fsp3) is 0.364. The van der Waals surface area contributed by atoms with Crippen molar-refractivity contribution in [2.75, 3.05) is 37.8 Å². The predicted octanol–water partition coefficient (Wildman–Crippen LogP) is 5.63. The highest BCUT2D eigenvalue weighted by molar-refractivity contribution is 7.99. The van der Waals surface area contributed by atoms with E-state index >= 15 is 0 Å². The van der Waals surface area contributed by atoms with Crippen molar-refractivity contribution in [3.63, 3.8) is 0 Å². The van der Waals surface area contributed by atoms with Gasteiger partial charge in [-0.25, -0.2) is 9.37 Å². The molecule has 0 N–H and O–H groups in total. The molecule has 0 aliphatic rings. The number of amides is 1. The first-order valence-corrected chi connectivity index (χ1v) is 11.4. The van der Waals surface area contributed by atoms with E-state index in [9.17, 15) is 9.18 Å². The maximum Gasteiger partial charge on any atom is 0.228 e. The summed E-state index contributed by atoms with van der Waals surface area (Å²) in [5.41, 5.74) is 2.13. The Morgan fingerprint density at radius 1 is 1.13 bits per heavy atom.